The zero-order valence-electron chi connectivity index (χ0n) is 18.8. The third-order valence-electron chi connectivity index (χ3n) is 5.53. The van der Waals surface area contributed by atoms with Gasteiger partial charge in [0.1, 0.15) is 12.2 Å². The van der Waals surface area contributed by atoms with E-state index in [4.69, 9.17) is 21.1 Å². The van der Waals surface area contributed by atoms with Gasteiger partial charge in [-0.2, -0.15) is 0 Å². The fourth-order valence-corrected chi connectivity index (χ4v) is 4.16. The highest BCUT2D eigenvalue weighted by atomic mass is 35.5. The predicted octanol–water partition coefficient (Wildman–Crippen LogP) is 4.36. The van der Waals surface area contributed by atoms with Gasteiger partial charge in [0, 0.05) is 23.7 Å². The number of alkyl carbamates (subject to hydrolysis) is 1. The SMILES string of the molecule is CCc1cccc(-c2c(Cl)cccc2[C@H](OCCNC(=O)OC)[C@H]2CN(C(=O)O)CCO2)c1. The molecule has 2 N–H and O–H groups in total. The molecular formula is C24H29ClN2O6. The molecule has 1 aliphatic heterocycles. The first-order chi connectivity index (χ1) is 15.9. The van der Waals surface area contributed by atoms with Gasteiger partial charge in [-0.15, -0.1) is 0 Å². The molecule has 0 radical (unpaired) electrons. The van der Waals surface area contributed by atoms with Crippen LogP contribution in [0.5, 0.6) is 0 Å². The molecule has 2 amide bonds. The Morgan fingerprint density at radius 1 is 1.30 bits per heavy atom. The number of hydrogen-bond acceptors (Lipinski definition) is 5. The zero-order valence-corrected chi connectivity index (χ0v) is 19.5. The van der Waals surface area contributed by atoms with Crippen molar-refractivity contribution in [2.75, 3.05) is 40.0 Å². The molecule has 0 bridgehead atoms. The lowest BCUT2D eigenvalue weighted by molar-refractivity contribution is -0.107. The monoisotopic (exact) mass is 476 g/mol. The number of nitrogens with one attached hydrogen (secondary N) is 1. The van der Waals surface area contributed by atoms with Gasteiger partial charge in [-0.3, -0.25) is 0 Å². The number of rotatable bonds is 8. The average Bonchev–Trinajstić information content (AvgIpc) is 2.83. The summed E-state index contributed by atoms with van der Waals surface area (Å²) in [5, 5.41) is 12.6. The van der Waals surface area contributed by atoms with E-state index in [1.807, 2.05) is 30.3 Å². The highest BCUT2D eigenvalue weighted by Gasteiger charge is 2.34. The number of benzene rings is 2. The molecular weight excluding hydrogens is 448 g/mol. The van der Waals surface area contributed by atoms with Crippen molar-refractivity contribution >= 4 is 23.8 Å². The van der Waals surface area contributed by atoms with E-state index in [0.29, 0.717) is 11.6 Å². The van der Waals surface area contributed by atoms with E-state index in [2.05, 4.69) is 29.1 Å². The fourth-order valence-electron chi connectivity index (χ4n) is 3.87. The summed E-state index contributed by atoms with van der Waals surface area (Å²) in [5.74, 6) is 0. The molecule has 1 fully saturated rings. The minimum atomic E-state index is -1.00. The highest BCUT2D eigenvalue weighted by molar-refractivity contribution is 6.33. The van der Waals surface area contributed by atoms with Crippen LogP contribution < -0.4 is 5.32 Å². The number of carbonyl (C=O) groups excluding carboxylic acids is 1. The van der Waals surface area contributed by atoms with Gasteiger partial charge in [0.2, 0.25) is 0 Å². The van der Waals surface area contributed by atoms with Crippen molar-refractivity contribution in [3.63, 3.8) is 0 Å². The lowest BCUT2D eigenvalue weighted by atomic mass is 9.92. The van der Waals surface area contributed by atoms with Gasteiger partial charge in [0.05, 0.1) is 26.9 Å². The number of methoxy groups -OCH3 is 1. The molecule has 0 saturated carbocycles. The summed E-state index contributed by atoms with van der Waals surface area (Å²) >= 11 is 6.67. The summed E-state index contributed by atoms with van der Waals surface area (Å²) in [6.45, 7) is 3.20. The van der Waals surface area contributed by atoms with Crippen LogP contribution >= 0.6 is 11.6 Å². The van der Waals surface area contributed by atoms with Crippen LogP contribution in [-0.2, 0) is 20.6 Å². The van der Waals surface area contributed by atoms with Crippen LogP contribution in [0.1, 0.15) is 24.2 Å². The lowest BCUT2D eigenvalue weighted by Gasteiger charge is -2.36. The predicted molar refractivity (Wildman–Crippen MR) is 125 cm³/mol. The molecule has 0 unspecified atom stereocenters. The fraction of sp³-hybridized carbons (Fsp3) is 0.417. The van der Waals surface area contributed by atoms with E-state index in [0.717, 1.165) is 23.1 Å². The third-order valence-corrected chi connectivity index (χ3v) is 5.85. The minimum absolute atomic E-state index is 0.158. The van der Waals surface area contributed by atoms with E-state index < -0.39 is 24.4 Å². The van der Waals surface area contributed by atoms with E-state index >= 15 is 0 Å². The standard InChI is InChI=1S/C24H29ClN2O6/c1-3-16-6-4-7-17(14-16)21-18(8-5-9-19(21)25)22(33-12-10-26-23(28)31-2)20-15-27(24(29)30)11-13-32-20/h4-9,14,20,22H,3,10-13,15H2,1-2H3,(H,26,28)(H,29,30)/t20-,22+/m1/s1. The van der Waals surface area contributed by atoms with Gasteiger partial charge >= 0.3 is 12.2 Å². The topological polar surface area (TPSA) is 97.3 Å². The molecule has 0 aromatic heterocycles. The molecule has 9 heteroatoms. The molecule has 2 atom stereocenters. The van der Waals surface area contributed by atoms with E-state index in [9.17, 15) is 14.7 Å². The first kappa shape index (κ1) is 24.8. The van der Waals surface area contributed by atoms with E-state index in [1.165, 1.54) is 17.6 Å². The van der Waals surface area contributed by atoms with Gasteiger partial charge in [-0.1, -0.05) is 54.9 Å². The molecule has 1 saturated heterocycles. The van der Waals surface area contributed by atoms with Crippen LogP contribution in [0.2, 0.25) is 5.02 Å². The summed E-state index contributed by atoms with van der Waals surface area (Å²) in [6, 6.07) is 13.7. The number of morpholine rings is 1. The van der Waals surface area contributed by atoms with Crippen molar-refractivity contribution in [1.82, 2.24) is 10.2 Å². The molecule has 0 spiro atoms. The van der Waals surface area contributed by atoms with Crippen LogP contribution in [-0.4, -0.2) is 68.3 Å². The maximum atomic E-state index is 11.6. The van der Waals surface area contributed by atoms with Crippen LogP contribution in [0.3, 0.4) is 0 Å². The second-order valence-corrected chi connectivity index (χ2v) is 8.01. The van der Waals surface area contributed by atoms with Crippen LogP contribution in [0.15, 0.2) is 42.5 Å². The number of ether oxygens (including phenoxy) is 3. The number of carbonyl (C=O) groups is 2. The highest BCUT2D eigenvalue weighted by Crippen LogP contribution is 2.39. The van der Waals surface area contributed by atoms with E-state index in [-0.39, 0.29) is 26.3 Å². The molecule has 0 aliphatic carbocycles. The normalized spacial score (nSPS) is 16.8. The van der Waals surface area contributed by atoms with E-state index in [1.54, 1.807) is 0 Å². The Morgan fingerprint density at radius 2 is 2.09 bits per heavy atom. The van der Waals surface area contributed by atoms with Gasteiger partial charge in [-0.05, 0) is 29.2 Å². The second kappa shape index (κ2) is 11.9. The van der Waals surface area contributed by atoms with Crippen molar-refractivity contribution in [1.29, 1.82) is 0 Å². The molecule has 8 nitrogen and oxygen atoms in total. The number of carboxylic acid groups (broad SMARTS) is 1. The molecule has 33 heavy (non-hydrogen) atoms. The molecule has 1 aliphatic rings. The number of hydrogen-bond donors (Lipinski definition) is 2. The van der Waals surface area contributed by atoms with Crippen LogP contribution in [0.25, 0.3) is 11.1 Å². The Labute approximate surface area is 198 Å². The first-order valence-electron chi connectivity index (χ1n) is 10.8. The quantitative estimate of drug-likeness (QED) is 0.549. The largest absolute Gasteiger partial charge is 0.465 e. The molecule has 1 heterocycles. The van der Waals surface area contributed by atoms with Gasteiger partial charge in [0.15, 0.2) is 0 Å². The van der Waals surface area contributed by atoms with Gasteiger partial charge in [0.25, 0.3) is 0 Å². The Bertz CT molecular complexity index is 970. The summed E-state index contributed by atoms with van der Waals surface area (Å²) < 4.78 is 16.7. The zero-order chi connectivity index (χ0) is 23.8. The third kappa shape index (κ3) is 6.37. The smallest absolute Gasteiger partial charge is 0.407 e. The van der Waals surface area contributed by atoms with Crippen molar-refractivity contribution < 1.29 is 28.9 Å². The molecule has 178 valence electrons. The molecule has 2 aromatic carbocycles. The van der Waals surface area contributed by atoms with Gasteiger partial charge < -0.3 is 29.5 Å². The van der Waals surface area contributed by atoms with Gasteiger partial charge in [-0.25, -0.2) is 9.59 Å². The van der Waals surface area contributed by atoms with Crippen molar-refractivity contribution in [3.8, 4) is 11.1 Å². The summed E-state index contributed by atoms with van der Waals surface area (Å²) in [6.07, 6.45) is -1.83. The maximum absolute atomic E-state index is 11.6. The van der Waals surface area contributed by atoms with Crippen molar-refractivity contribution in [3.05, 3.63) is 58.6 Å². The number of amides is 2. The van der Waals surface area contributed by atoms with Crippen molar-refractivity contribution in [2.24, 2.45) is 0 Å². The Hall–Kier alpha value is -2.81. The minimum Gasteiger partial charge on any atom is -0.465 e. The molecule has 3 rings (SSSR count). The number of nitrogens with zero attached hydrogens (tertiary/aromatic N) is 1. The first-order valence-corrected chi connectivity index (χ1v) is 11.2. The number of halogens is 1. The maximum Gasteiger partial charge on any atom is 0.407 e. The Morgan fingerprint density at radius 3 is 2.82 bits per heavy atom. The van der Waals surface area contributed by atoms with Crippen LogP contribution in [0.4, 0.5) is 9.59 Å². The second-order valence-electron chi connectivity index (χ2n) is 7.61. The summed E-state index contributed by atoms with van der Waals surface area (Å²) in [7, 11) is 1.29. The molecule has 2 aromatic rings. The summed E-state index contributed by atoms with van der Waals surface area (Å²) in [5.41, 5.74) is 3.73. The van der Waals surface area contributed by atoms with Crippen molar-refractivity contribution in [2.45, 2.75) is 25.6 Å². The Kier molecular flexibility index (Phi) is 8.94. The lowest BCUT2D eigenvalue weighted by Crippen LogP contribution is -2.48. The summed E-state index contributed by atoms with van der Waals surface area (Å²) in [4.78, 5) is 24.3. The Balaban J connectivity index is 1.96. The number of aryl methyl sites for hydroxylation is 1. The average molecular weight is 477 g/mol. The van der Waals surface area contributed by atoms with Crippen LogP contribution in [0, 0.1) is 0 Å².